The van der Waals surface area contributed by atoms with Crippen LogP contribution in [-0.4, -0.2) is 42.8 Å². The smallest absolute Gasteiger partial charge is 0.241 e. The molecule has 2 unspecified atom stereocenters. The number of benzene rings is 1. The highest BCUT2D eigenvalue weighted by atomic mass is 16.3. The normalized spacial score (nSPS) is 22.7. The number of aliphatic hydroxyl groups excluding tert-OH is 1. The maximum atomic E-state index is 11.7. The fourth-order valence-corrected chi connectivity index (χ4v) is 2.56. The molecule has 1 saturated heterocycles. The van der Waals surface area contributed by atoms with Crippen molar-refractivity contribution in [2.75, 3.05) is 30.3 Å². The van der Waals surface area contributed by atoms with E-state index in [1.165, 1.54) is 0 Å². The molecule has 0 spiro atoms. The van der Waals surface area contributed by atoms with Crippen molar-refractivity contribution < 1.29 is 9.90 Å². The molecule has 6 N–H and O–H groups in total. The molecular formula is C13H20N4O2. The summed E-state index contributed by atoms with van der Waals surface area (Å²) in [5.74, 6) is -0.357. The molecule has 1 aliphatic heterocycles. The molecule has 0 aromatic heterocycles. The van der Waals surface area contributed by atoms with Crippen molar-refractivity contribution in [3.8, 4) is 0 Å². The minimum absolute atomic E-state index is 0.0257. The Morgan fingerprint density at radius 2 is 2.11 bits per heavy atom. The van der Waals surface area contributed by atoms with Gasteiger partial charge < -0.3 is 26.8 Å². The number of nitrogens with zero attached hydrogens (tertiary/aromatic N) is 1. The first-order valence-corrected chi connectivity index (χ1v) is 6.39. The van der Waals surface area contributed by atoms with E-state index < -0.39 is 6.04 Å². The molecule has 1 amide bonds. The maximum absolute atomic E-state index is 11.7. The Morgan fingerprint density at radius 1 is 1.42 bits per heavy atom. The number of carbonyl (C=O) groups is 1. The van der Waals surface area contributed by atoms with Gasteiger partial charge >= 0.3 is 0 Å². The summed E-state index contributed by atoms with van der Waals surface area (Å²) < 4.78 is 0. The molecule has 6 heteroatoms. The number of anilines is 2. The molecule has 1 aromatic carbocycles. The monoisotopic (exact) mass is 264 g/mol. The molecule has 1 heterocycles. The van der Waals surface area contributed by atoms with Crippen LogP contribution >= 0.6 is 0 Å². The average Bonchev–Trinajstić information content (AvgIpc) is 2.81. The van der Waals surface area contributed by atoms with Crippen LogP contribution in [0, 0.1) is 0 Å². The zero-order valence-corrected chi connectivity index (χ0v) is 10.7. The number of amides is 1. The Labute approximate surface area is 112 Å². The summed E-state index contributed by atoms with van der Waals surface area (Å²) in [6, 6.07) is 6.97. The standard InChI is InChI=1S/C13H20N4O2/c14-9-1-3-10(4-2-9)17-7-5-11(16-6-8-18)12(17)13(15)19/h1-4,11-12,16,18H,5-8,14H2,(H2,15,19). The van der Waals surface area contributed by atoms with Gasteiger partial charge in [0.25, 0.3) is 0 Å². The van der Waals surface area contributed by atoms with E-state index in [4.69, 9.17) is 16.6 Å². The van der Waals surface area contributed by atoms with Gasteiger partial charge in [-0.25, -0.2) is 0 Å². The van der Waals surface area contributed by atoms with Gasteiger partial charge in [-0.05, 0) is 30.7 Å². The zero-order chi connectivity index (χ0) is 13.8. The van der Waals surface area contributed by atoms with Crippen LogP contribution in [-0.2, 0) is 4.79 Å². The van der Waals surface area contributed by atoms with Crippen molar-refractivity contribution in [2.24, 2.45) is 5.73 Å². The van der Waals surface area contributed by atoms with Crippen LogP contribution in [0.1, 0.15) is 6.42 Å². The third-order valence-corrected chi connectivity index (χ3v) is 3.43. The summed E-state index contributed by atoms with van der Waals surface area (Å²) >= 11 is 0. The third-order valence-electron chi connectivity index (χ3n) is 3.43. The molecule has 0 radical (unpaired) electrons. The number of carbonyl (C=O) groups excluding carboxylic acids is 1. The van der Waals surface area contributed by atoms with Crippen LogP contribution in [0.5, 0.6) is 0 Å². The first-order valence-electron chi connectivity index (χ1n) is 6.39. The maximum Gasteiger partial charge on any atom is 0.241 e. The van der Waals surface area contributed by atoms with Crippen molar-refractivity contribution in [3.63, 3.8) is 0 Å². The lowest BCUT2D eigenvalue weighted by molar-refractivity contribution is -0.119. The molecule has 2 atom stereocenters. The lowest BCUT2D eigenvalue weighted by Gasteiger charge is -2.27. The fourth-order valence-electron chi connectivity index (χ4n) is 2.56. The molecule has 6 nitrogen and oxygen atoms in total. The Hall–Kier alpha value is -1.79. The highest BCUT2D eigenvalue weighted by Gasteiger charge is 2.37. The van der Waals surface area contributed by atoms with E-state index in [1.54, 1.807) is 0 Å². The van der Waals surface area contributed by atoms with E-state index in [0.717, 1.165) is 18.7 Å². The summed E-state index contributed by atoms with van der Waals surface area (Å²) in [6.07, 6.45) is 0.817. The SMILES string of the molecule is NC(=O)C1C(NCCO)CCN1c1ccc(N)cc1. The van der Waals surface area contributed by atoms with Gasteiger partial charge in [-0.3, -0.25) is 4.79 Å². The Morgan fingerprint density at radius 3 is 2.68 bits per heavy atom. The van der Waals surface area contributed by atoms with Crippen LogP contribution < -0.4 is 21.7 Å². The number of aliphatic hydroxyl groups is 1. The predicted octanol–water partition coefficient (Wildman–Crippen LogP) is -0.717. The van der Waals surface area contributed by atoms with Gasteiger partial charge in [-0.15, -0.1) is 0 Å². The minimum atomic E-state index is -0.393. The number of nitrogens with one attached hydrogen (secondary N) is 1. The summed E-state index contributed by atoms with van der Waals surface area (Å²) in [5, 5.41) is 12.0. The van der Waals surface area contributed by atoms with Crippen molar-refractivity contribution in [3.05, 3.63) is 24.3 Å². The van der Waals surface area contributed by atoms with Crippen LogP contribution in [0.4, 0.5) is 11.4 Å². The topological polar surface area (TPSA) is 105 Å². The number of hydrogen-bond donors (Lipinski definition) is 4. The highest BCUT2D eigenvalue weighted by Crippen LogP contribution is 2.26. The number of primary amides is 1. The van der Waals surface area contributed by atoms with Crippen molar-refractivity contribution >= 4 is 17.3 Å². The zero-order valence-electron chi connectivity index (χ0n) is 10.7. The third kappa shape index (κ3) is 2.97. The van der Waals surface area contributed by atoms with Gasteiger partial charge in [0.1, 0.15) is 6.04 Å². The second-order valence-corrected chi connectivity index (χ2v) is 4.71. The molecule has 0 saturated carbocycles. The van der Waals surface area contributed by atoms with Crippen molar-refractivity contribution in [1.82, 2.24) is 5.32 Å². The molecule has 19 heavy (non-hydrogen) atoms. The van der Waals surface area contributed by atoms with Gasteiger partial charge in [0.15, 0.2) is 0 Å². The second kappa shape index (κ2) is 5.90. The number of nitrogen functional groups attached to an aromatic ring is 1. The first kappa shape index (κ1) is 13.6. The number of rotatable bonds is 5. The van der Waals surface area contributed by atoms with Gasteiger partial charge in [-0.2, -0.15) is 0 Å². The molecule has 1 aliphatic rings. The molecular weight excluding hydrogens is 244 g/mol. The largest absolute Gasteiger partial charge is 0.399 e. The Kier molecular flexibility index (Phi) is 4.24. The van der Waals surface area contributed by atoms with E-state index >= 15 is 0 Å². The van der Waals surface area contributed by atoms with Gasteiger partial charge in [0.2, 0.25) is 5.91 Å². The first-order chi connectivity index (χ1) is 9.13. The van der Waals surface area contributed by atoms with E-state index in [9.17, 15) is 4.79 Å². The average molecular weight is 264 g/mol. The van der Waals surface area contributed by atoms with Crippen LogP contribution in [0.2, 0.25) is 0 Å². The second-order valence-electron chi connectivity index (χ2n) is 4.71. The number of hydrogen-bond acceptors (Lipinski definition) is 5. The van der Waals surface area contributed by atoms with Gasteiger partial charge in [-0.1, -0.05) is 0 Å². The van der Waals surface area contributed by atoms with Crippen molar-refractivity contribution in [2.45, 2.75) is 18.5 Å². The molecule has 1 fully saturated rings. The van der Waals surface area contributed by atoms with E-state index in [0.29, 0.717) is 12.2 Å². The summed E-state index contributed by atoms with van der Waals surface area (Å²) in [6.45, 7) is 1.26. The predicted molar refractivity (Wildman–Crippen MR) is 74.7 cm³/mol. The Bertz CT molecular complexity index is 435. The van der Waals surface area contributed by atoms with Crippen molar-refractivity contribution in [1.29, 1.82) is 0 Å². The molecule has 0 bridgehead atoms. The van der Waals surface area contributed by atoms with Crippen LogP contribution in [0.3, 0.4) is 0 Å². The van der Waals surface area contributed by atoms with Gasteiger partial charge in [0, 0.05) is 30.5 Å². The van der Waals surface area contributed by atoms with E-state index in [1.807, 2.05) is 29.2 Å². The summed E-state index contributed by atoms with van der Waals surface area (Å²) in [5.41, 5.74) is 12.8. The van der Waals surface area contributed by atoms with Gasteiger partial charge in [0.05, 0.1) is 6.61 Å². The minimum Gasteiger partial charge on any atom is -0.399 e. The summed E-state index contributed by atoms with van der Waals surface area (Å²) in [4.78, 5) is 13.7. The molecule has 104 valence electrons. The van der Waals surface area contributed by atoms with Crippen LogP contribution in [0.25, 0.3) is 0 Å². The quantitative estimate of drug-likeness (QED) is 0.526. The summed E-state index contributed by atoms with van der Waals surface area (Å²) in [7, 11) is 0. The Balaban J connectivity index is 2.16. The number of nitrogens with two attached hydrogens (primary N) is 2. The molecule has 2 rings (SSSR count). The van der Waals surface area contributed by atoms with E-state index in [-0.39, 0.29) is 18.6 Å². The molecule has 1 aromatic rings. The van der Waals surface area contributed by atoms with Crippen LogP contribution in [0.15, 0.2) is 24.3 Å². The lowest BCUT2D eigenvalue weighted by Crippen LogP contribution is -2.51. The van der Waals surface area contributed by atoms with E-state index in [2.05, 4.69) is 5.32 Å². The lowest BCUT2D eigenvalue weighted by atomic mass is 10.1. The fraction of sp³-hybridized carbons (Fsp3) is 0.462. The molecule has 0 aliphatic carbocycles. The highest BCUT2D eigenvalue weighted by molar-refractivity contribution is 5.85.